The van der Waals surface area contributed by atoms with E-state index in [1.807, 2.05) is 44.2 Å². The van der Waals surface area contributed by atoms with E-state index in [0.717, 1.165) is 21.1 Å². The summed E-state index contributed by atoms with van der Waals surface area (Å²) in [6, 6.07) is 9.59. The normalized spacial score (nSPS) is 12.5. The third kappa shape index (κ3) is 2.80. The number of thiazole rings is 1. The lowest BCUT2D eigenvalue weighted by Crippen LogP contribution is -2.11. The molecule has 1 aromatic carbocycles. The summed E-state index contributed by atoms with van der Waals surface area (Å²) in [5, 5.41) is 4.14. The first-order valence-electron chi connectivity index (χ1n) is 6.67. The molecule has 0 aliphatic rings. The van der Waals surface area contributed by atoms with Crippen LogP contribution in [0.25, 0.3) is 4.96 Å². The molecule has 21 heavy (non-hydrogen) atoms. The van der Waals surface area contributed by atoms with Crippen molar-refractivity contribution in [2.45, 2.75) is 26.4 Å². The van der Waals surface area contributed by atoms with Crippen molar-refractivity contribution in [3.05, 3.63) is 52.8 Å². The van der Waals surface area contributed by atoms with Gasteiger partial charge >= 0.3 is 5.97 Å². The summed E-state index contributed by atoms with van der Waals surface area (Å²) in [5.41, 5.74) is 1.92. The minimum absolute atomic E-state index is 0.230. The Bertz CT molecular complexity index is 764. The second-order valence-electron chi connectivity index (χ2n) is 4.80. The first-order valence-corrected chi connectivity index (χ1v) is 7.49. The fraction of sp³-hybridized carbons (Fsp3) is 0.267. The first-order chi connectivity index (χ1) is 10.1. The Morgan fingerprint density at radius 1 is 1.38 bits per heavy atom. The van der Waals surface area contributed by atoms with Crippen LogP contribution in [0.5, 0.6) is 0 Å². The number of hydrogen-bond donors (Lipinski definition) is 0. The van der Waals surface area contributed by atoms with Crippen molar-refractivity contribution in [2.24, 2.45) is 0 Å². The fourth-order valence-corrected chi connectivity index (χ4v) is 3.25. The maximum Gasteiger partial charge on any atom is 0.310 e. The molecule has 6 heteroatoms. The standard InChI is InChI=1S/C15H15N3O2S/c1-10-14(21-15-16-9-17-18(10)15)11(2)20-13(19)8-12-6-4-3-5-7-12/h3-7,9,11H,8H2,1-2H3/t11-/m1/s1. The van der Waals surface area contributed by atoms with Crippen LogP contribution in [0.3, 0.4) is 0 Å². The Hall–Kier alpha value is -2.21. The first kappa shape index (κ1) is 13.8. The molecule has 0 unspecified atom stereocenters. The monoisotopic (exact) mass is 301 g/mol. The van der Waals surface area contributed by atoms with E-state index in [-0.39, 0.29) is 18.5 Å². The van der Waals surface area contributed by atoms with E-state index >= 15 is 0 Å². The zero-order chi connectivity index (χ0) is 14.8. The van der Waals surface area contributed by atoms with Crippen molar-refractivity contribution in [1.29, 1.82) is 0 Å². The minimum Gasteiger partial charge on any atom is -0.457 e. The number of ether oxygens (including phenoxy) is 1. The van der Waals surface area contributed by atoms with Crippen LogP contribution in [0, 0.1) is 6.92 Å². The Morgan fingerprint density at radius 2 is 2.14 bits per heavy atom. The highest BCUT2D eigenvalue weighted by Crippen LogP contribution is 2.29. The van der Waals surface area contributed by atoms with E-state index in [1.54, 1.807) is 4.52 Å². The molecule has 0 amide bonds. The summed E-state index contributed by atoms with van der Waals surface area (Å²) < 4.78 is 7.29. The molecule has 0 N–H and O–H groups in total. The van der Waals surface area contributed by atoms with E-state index in [1.165, 1.54) is 17.7 Å². The number of carbonyl (C=O) groups excluding carboxylic acids is 1. The smallest absolute Gasteiger partial charge is 0.310 e. The summed E-state index contributed by atoms with van der Waals surface area (Å²) in [6.45, 7) is 3.83. The van der Waals surface area contributed by atoms with Crippen molar-refractivity contribution in [3.63, 3.8) is 0 Å². The van der Waals surface area contributed by atoms with Gasteiger partial charge in [-0.15, -0.1) is 0 Å². The molecule has 0 spiro atoms. The van der Waals surface area contributed by atoms with E-state index < -0.39 is 0 Å². The van der Waals surface area contributed by atoms with Crippen molar-refractivity contribution in [1.82, 2.24) is 14.6 Å². The van der Waals surface area contributed by atoms with Gasteiger partial charge in [-0.2, -0.15) is 5.10 Å². The van der Waals surface area contributed by atoms with Gasteiger partial charge in [0.15, 0.2) is 0 Å². The van der Waals surface area contributed by atoms with Gasteiger partial charge < -0.3 is 4.74 Å². The number of carbonyl (C=O) groups is 1. The second-order valence-corrected chi connectivity index (χ2v) is 5.81. The SMILES string of the molecule is Cc1c([C@@H](C)OC(=O)Cc2ccccc2)sc2ncnn12. The predicted molar refractivity (Wildman–Crippen MR) is 80.3 cm³/mol. The topological polar surface area (TPSA) is 56.5 Å². The molecule has 0 saturated heterocycles. The molecule has 0 radical (unpaired) electrons. The van der Waals surface area contributed by atoms with Crippen LogP contribution in [0.2, 0.25) is 0 Å². The largest absolute Gasteiger partial charge is 0.457 e. The summed E-state index contributed by atoms with van der Waals surface area (Å²) in [4.78, 5) is 18.0. The van der Waals surface area contributed by atoms with Crippen molar-refractivity contribution >= 4 is 22.3 Å². The fourth-order valence-electron chi connectivity index (χ4n) is 2.24. The number of rotatable bonds is 4. The number of benzene rings is 1. The van der Waals surface area contributed by atoms with E-state index in [4.69, 9.17) is 4.74 Å². The number of aryl methyl sites for hydroxylation is 1. The van der Waals surface area contributed by atoms with Gasteiger partial charge in [0.2, 0.25) is 4.96 Å². The molecule has 3 rings (SSSR count). The minimum atomic E-state index is -0.297. The van der Waals surface area contributed by atoms with Crippen LogP contribution in [-0.2, 0) is 16.0 Å². The highest BCUT2D eigenvalue weighted by atomic mass is 32.1. The van der Waals surface area contributed by atoms with Gasteiger partial charge in [0, 0.05) is 0 Å². The molecule has 1 atom stereocenters. The molecule has 0 bridgehead atoms. The molecule has 0 aliphatic carbocycles. The highest BCUT2D eigenvalue weighted by Gasteiger charge is 2.19. The molecule has 3 aromatic rings. The molecule has 0 fully saturated rings. The number of aromatic nitrogens is 3. The predicted octanol–water partition coefficient (Wildman–Crippen LogP) is 2.95. The number of fused-ring (bicyclic) bond motifs is 1. The Labute approximate surface area is 126 Å². The van der Waals surface area contributed by atoms with Gasteiger partial charge in [-0.05, 0) is 19.4 Å². The maximum absolute atomic E-state index is 12.0. The Kier molecular flexibility index (Phi) is 3.70. The van der Waals surface area contributed by atoms with E-state index in [2.05, 4.69) is 10.1 Å². The lowest BCUT2D eigenvalue weighted by molar-refractivity contribution is -0.147. The average Bonchev–Trinajstić information content (AvgIpc) is 3.03. The molecule has 5 nitrogen and oxygen atoms in total. The quantitative estimate of drug-likeness (QED) is 0.695. The molecule has 2 heterocycles. The van der Waals surface area contributed by atoms with Crippen LogP contribution < -0.4 is 0 Å². The second kappa shape index (κ2) is 5.65. The maximum atomic E-state index is 12.0. The lowest BCUT2D eigenvalue weighted by Gasteiger charge is -2.12. The van der Waals surface area contributed by atoms with Crippen LogP contribution in [0.4, 0.5) is 0 Å². The van der Waals surface area contributed by atoms with Crippen LogP contribution >= 0.6 is 11.3 Å². The molecular weight excluding hydrogens is 286 g/mol. The lowest BCUT2D eigenvalue weighted by atomic mass is 10.1. The van der Waals surface area contributed by atoms with Gasteiger partial charge in [0.1, 0.15) is 12.4 Å². The van der Waals surface area contributed by atoms with Crippen molar-refractivity contribution in [3.8, 4) is 0 Å². The van der Waals surface area contributed by atoms with Gasteiger partial charge in [-0.1, -0.05) is 41.7 Å². The molecule has 2 aromatic heterocycles. The van der Waals surface area contributed by atoms with Gasteiger partial charge in [-0.3, -0.25) is 4.79 Å². The molecular formula is C15H15N3O2S. The summed E-state index contributed by atoms with van der Waals surface area (Å²) in [6.07, 6.45) is 1.51. The molecule has 108 valence electrons. The van der Waals surface area contributed by atoms with Gasteiger partial charge in [0.25, 0.3) is 0 Å². The molecule has 0 aliphatic heterocycles. The number of hydrogen-bond acceptors (Lipinski definition) is 5. The highest BCUT2D eigenvalue weighted by molar-refractivity contribution is 7.17. The van der Waals surface area contributed by atoms with E-state index in [0.29, 0.717) is 0 Å². The summed E-state index contributed by atoms with van der Waals surface area (Å²) in [7, 11) is 0. The van der Waals surface area contributed by atoms with Gasteiger partial charge in [0.05, 0.1) is 17.0 Å². The molecule has 0 saturated carbocycles. The van der Waals surface area contributed by atoms with E-state index in [9.17, 15) is 4.79 Å². The third-order valence-electron chi connectivity index (χ3n) is 3.26. The van der Waals surface area contributed by atoms with Gasteiger partial charge in [-0.25, -0.2) is 9.50 Å². The Balaban J connectivity index is 1.71. The van der Waals surface area contributed by atoms with Crippen LogP contribution in [0.1, 0.15) is 29.2 Å². The Morgan fingerprint density at radius 3 is 2.86 bits per heavy atom. The number of nitrogens with zero attached hydrogens (tertiary/aromatic N) is 3. The van der Waals surface area contributed by atoms with Crippen molar-refractivity contribution in [2.75, 3.05) is 0 Å². The zero-order valence-corrected chi connectivity index (χ0v) is 12.6. The number of esters is 1. The third-order valence-corrected chi connectivity index (χ3v) is 4.57. The summed E-state index contributed by atoms with van der Waals surface area (Å²) >= 11 is 1.50. The zero-order valence-electron chi connectivity index (χ0n) is 11.8. The summed E-state index contributed by atoms with van der Waals surface area (Å²) in [5.74, 6) is -0.230. The average molecular weight is 301 g/mol. The van der Waals surface area contributed by atoms with Crippen molar-refractivity contribution < 1.29 is 9.53 Å². The van der Waals surface area contributed by atoms with Crippen LogP contribution in [-0.4, -0.2) is 20.6 Å². The van der Waals surface area contributed by atoms with Crippen LogP contribution in [0.15, 0.2) is 36.7 Å².